The van der Waals surface area contributed by atoms with E-state index in [9.17, 15) is 4.79 Å². The highest BCUT2D eigenvalue weighted by Gasteiger charge is 2.33. The minimum Gasteiger partial charge on any atom is -0.384 e. The van der Waals surface area contributed by atoms with E-state index in [1.54, 1.807) is 13.3 Å². The molecule has 1 aliphatic carbocycles. The van der Waals surface area contributed by atoms with Gasteiger partial charge in [0.05, 0.1) is 18.5 Å². The van der Waals surface area contributed by atoms with Crippen molar-refractivity contribution < 1.29 is 14.1 Å². The van der Waals surface area contributed by atoms with Crippen LogP contribution in [-0.4, -0.2) is 55.7 Å². The molecule has 0 bridgehead atoms. The minimum absolute atomic E-state index is 0.0679. The highest BCUT2D eigenvalue weighted by atomic mass is 16.5. The highest BCUT2D eigenvalue weighted by molar-refractivity contribution is 5.96. The van der Waals surface area contributed by atoms with Crippen molar-refractivity contribution in [1.82, 2.24) is 29.6 Å². The van der Waals surface area contributed by atoms with Crippen LogP contribution in [0, 0.1) is 0 Å². The molecule has 2 aliphatic rings. The van der Waals surface area contributed by atoms with E-state index in [4.69, 9.17) is 9.26 Å². The maximum atomic E-state index is 13.3. The molecule has 1 saturated carbocycles. The van der Waals surface area contributed by atoms with Gasteiger partial charge in [-0.05, 0) is 38.2 Å². The Kier molecular flexibility index (Phi) is 4.75. The quantitative estimate of drug-likeness (QED) is 0.631. The maximum Gasteiger partial charge on any atom is 0.256 e. The van der Waals surface area contributed by atoms with Gasteiger partial charge in [0, 0.05) is 32.3 Å². The van der Waals surface area contributed by atoms with Gasteiger partial charge in [-0.1, -0.05) is 5.16 Å². The molecule has 0 spiro atoms. The zero-order valence-corrected chi connectivity index (χ0v) is 16.5. The predicted octanol–water partition coefficient (Wildman–Crippen LogP) is 2.71. The standard InChI is InChI=1S/C20H24N6O3/c1-28-9-7-17-23-19(29-24-17)16-4-2-3-8-25(16)20(27)13-10-15-18(21-11-13)26(12-22-15)14-5-6-14/h10-12,14,16H,2-9H2,1H3. The normalized spacial score (nSPS) is 19.8. The van der Waals surface area contributed by atoms with E-state index in [0.717, 1.165) is 30.4 Å². The fourth-order valence-electron chi connectivity index (χ4n) is 3.95. The van der Waals surface area contributed by atoms with Crippen LogP contribution >= 0.6 is 0 Å². The van der Waals surface area contributed by atoms with Crippen LogP contribution in [0.25, 0.3) is 11.2 Å². The van der Waals surface area contributed by atoms with Gasteiger partial charge in [-0.2, -0.15) is 4.98 Å². The van der Waals surface area contributed by atoms with E-state index in [0.29, 0.717) is 42.9 Å². The summed E-state index contributed by atoms with van der Waals surface area (Å²) in [6, 6.07) is 2.14. The van der Waals surface area contributed by atoms with Crippen molar-refractivity contribution in [1.29, 1.82) is 0 Å². The maximum absolute atomic E-state index is 13.3. The first-order valence-corrected chi connectivity index (χ1v) is 10.2. The molecule has 152 valence electrons. The summed E-state index contributed by atoms with van der Waals surface area (Å²) in [6.45, 7) is 1.19. The van der Waals surface area contributed by atoms with Crippen LogP contribution in [-0.2, 0) is 11.2 Å². The lowest BCUT2D eigenvalue weighted by molar-refractivity contribution is 0.0561. The number of carbonyl (C=O) groups is 1. The van der Waals surface area contributed by atoms with Crippen LogP contribution in [0.3, 0.4) is 0 Å². The van der Waals surface area contributed by atoms with Crippen molar-refractivity contribution in [3.8, 4) is 0 Å². The number of rotatable bonds is 6. The van der Waals surface area contributed by atoms with E-state index in [-0.39, 0.29) is 11.9 Å². The first-order valence-electron chi connectivity index (χ1n) is 10.2. The number of aromatic nitrogens is 5. The van der Waals surface area contributed by atoms with Gasteiger partial charge in [0.1, 0.15) is 11.6 Å². The van der Waals surface area contributed by atoms with Crippen molar-refractivity contribution in [3.05, 3.63) is 35.9 Å². The summed E-state index contributed by atoms with van der Waals surface area (Å²) in [5.74, 6) is 1.03. The molecule has 1 atom stereocenters. The fourth-order valence-corrected chi connectivity index (χ4v) is 3.95. The van der Waals surface area contributed by atoms with Gasteiger partial charge >= 0.3 is 0 Å². The third-order valence-electron chi connectivity index (χ3n) is 5.66. The van der Waals surface area contributed by atoms with Crippen LogP contribution in [0.5, 0.6) is 0 Å². The number of hydrogen-bond acceptors (Lipinski definition) is 7. The Morgan fingerprint density at radius 3 is 3.00 bits per heavy atom. The molecule has 1 aliphatic heterocycles. The average Bonchev–Trinajstić information content (AvgIpc) is 3.34. The summed E-state index contributed by atoms with van der Waals surface area (Å²) >= 11 is 0. The number of pyridine rings is 1. The smallest absolute Gasteiger partial charge is 0.256 e. The summed E-state index contributed by atoms with van der Waals surface area (Å²) < 4.78 is 12.7. The first-order chi connectivity index (χ1) is 14.2. The van der Waals surface area contributed by atoms with Crippen molar-refractivity contribution in [2.45, 2.75) is 50.6 Å². The van der Waals surface area contributed by atoms with Crippen LogP contribution in [0.1, 0.15) is 66.3 Å². The van der Waals surface area contributed by atoms with Crippen LogP contribution in [0.2, 0.25) is 0 Å². The number of imidazole rings is 1. The molecular weight excluding hydrogens is 372 g/mol. The molecule has 9 heteroatoms. The Labute approximate surface area is 168 Å². The summed E-state index contributed by atoms with van der Waals surface area (Å²) in [7, 11) is 1.64. The molecule has 29 heavy (non-hydrogen) atoms. The monoisotopic (exact) mass is 396 g/mol. The van der Waals surface area contributed by atoms with E-state index >= 15 is 0 Å². The van der Waals surface area contributed by atoms with Gasteiger partial charge in [0.2, 0.25) is 5.89 Å². The second-order valence-electron chi connectivity index (χ2n) is 7.75. The molecule has 9 nitrogen and oxygen atoms in total. The van der Waals surface area contributed by atoms with Gasteiger partial charge in [-0.25, -0.2) is 9.97 Å². The van der Waals surface area contributed by atoms with Gasteiger partial charge < -0.3 is 18.7 Å². The molecule has 0 aromatic carbocycles. The van der Waals surface area contributed by atoms with Crippen molar-refractivity contribution in [3.63, 3.8) is 0 Å². The third-order valence-corrected chi connectivity index (χ3v) is 5.66. The molecule has 5 rings (SSSR count). The Hall–Kier alpha value is -2.81. The number of amides is 1. The lowest BCUT2D eigenvalue weighted by Crippen LogP contribution is -2.38. The Balaban J connectivity index is 1.39. The molecule has 0 radical (unpaired) electrons. The van der Waals surface area contributed by atoms with Crippen molar-refractivity contribution in [2.75, 3.05) is 20.3 Å². The molecular formula is C20H24N6O3. The second kappa shape index (κ2) is 7.55. The summed E-state index contributed by atoms with van der Waals surface area (Å²) in [5, 5.41) is 4.03. The van der Waals surface area contributed by atoms with Gasteiger partial charge in [0.25, 0.3) is 5.91 Å². The van der Waals surface area contributed by atoms with E-state index < -0.39 is 0 Å². The number of ether oxygens (including phenoxy) is 1. The summed E-state index contributed by atoms with van der Waals surface area (Å²) in [4.78, 5) is 28.6. The molecule has 0 N–H and O–H groups in total. The molecule has 2 fully saturated rings. The Morgan fingerprint density at radius 2 is 2.17 bits per heavy atom. The molecule has 1 unspecified atom stereocenters. The van der Waals surface area contributed by atoms with E-state index in [1.165, 1.54) is 12.8 Å². The van der Waals surface area contributed by atoms with E-state index in [1.807, 2.05) is 17.3 Å². The number of piperidine rings is 1. The second-order valence-corrected chi connectivity index (χ2v) is 7.75. The lowest BCUT2D eigenvalue weighted by Gasteiger charge is -2.33. The number of nitrogens with zero attached hydrogens (tertiary/aromatic N) is 6. The zero-order chi connectivity index (χ0) is 19.8. The highest BCUT2D eigenvalue weighted by Crippen LogP contribution is 2.37. The van der Waals surface area contributed by atoms with Crippen LogP contribution < -0.4 is 0 Å². The summed E-state index contributed by atoms with van der Waals surface area (Å²) in [6.07, 6.45) is 9.20. The molecule has 1 saturated heterocycles. The third kappa shape index (κ3) is 3.50. The fraction of sp³-hybridized carbons (Fsp3) is 0.550. The van der Waals surface area contributed by atoms with Gasteiger partial charge in [-0.15, -0.1) is 0 Å². The molecule has 1 amide bonds. The van der Waals surface area contributed by atoms with Gasteiger partial charge in [0.15, 0.2) is 11.5 Å². The van der Waals surface area contributed by atoms with Crippen molar-refractivity contribution in [2.24, 2.45) is 0 Å². The van der Waals surface area contributed by atoms with Gasteiger partial charge in [-0.3, -0.25) is 4.79 Å². The molecule has 3 aromatic rings. The number of fused-ring (bicyclic) bond motifs is 1. The number of likely N-dealkylation sites (tertiary alicyclic amines) is 1. The molecule has 3 aromatic heterocycles. The average molecular weight is 396 g/mol. The first kappa shape index (κ1) is 18.2. The Bertz CT molecular complexity index is 1020. The zero-order valence-electron chi connectivity index (χ0n) is 16.5. The SMILES string of the molecule is COCCc1noc(C2CCCCN2C(=O)c2cnc3c(c2)ncn3C2CC2)n1. The topological polar surface area (TPSA) is 99.2 Å². The summed E-state index contributed by atoms with van der Waals surface area (Å²) in [5.41, 5.74) is 2.15. The van der Waals surface area contributed by atoms with Crippen LogP contribution in [0.4, 0.5) is 0 Å². The largest absolute Gasteiger partial charge is 0.384 e. The lowest BCUT2D eigenvalue weighted by atomic mass is 10.0. The van der Waals surface area contributed by atoms with Crippen LogP contribution in [0.15, 0.2) is 23.1 Å². The molecule has 4 heterocycles. The number of hydrogen-bond donors (Lipinski definition) is 0. The minimum atomic E-state index is -0.209. The number of methoxy groups -OCH3 is 1. The van der Waals surface area contributed by atoms with E-state index in [2.05, 4.69) is 24.7 Å². The Morgan fingerprint density at radius 1 is 1.28 bits per heavy atom. The number of carbonyl (C=O) groups excluding carboxylic acids is 1. The van der Waals surface area contributed by atoms with Crippen molar-refractivity contribution >= 4 is 17.1 Å². The predicted molar refractivity (Wildman–Crippen MR) is 103 cm³/mol.